The van der Waals surface area contributed by atoms with Crippen LogP contribution in [0.1, 0.15) is 68.3 Å². The first kappa shape index (κ1) is 18.1. The van der Waals surface area contributed by atoms with Crippen molar-refractivity contribution in [2.24, 2.45) is 5.92 Å². The van der Waals surface area contributed by atoms with Gasteiger partial charge < -0.3 is 10.6 Å². The molecule has 2 aliphatic rings. The summed E-state index contributed by atoms with van der Waals surface area (Å²) in [7, 11) is 0. The van der Waals surface area contributed by atoms with E-state index in [9.17, 15) is 9.59 Å². The van der Waals surface area contributed by atoms with E-state index in [1.165, 1.54) is 18.4 Å². The molecule has 2 heterocycles. The van der Waals surface area contributed by atoms with Gasteiger partial charge in [0, 0.05) is 36.5 Å². The molecule has 25 heavy (non-hydrogen) atoms. The SMILES string of the molecule is CC(C)Cc1ccc(C(=O)CCC(=O)NC2CC3CCC(C2)N3)cc1. The molecule has 0 spiro atoms. The number of fused-ring (bicyclic) bond motifs is 2. The van der Waals surface area contributed by atoms with Crippen LogP contribution in [0.5, 0.6) is 0 Å². The molecule has 3 rings (SSSR count). The van der Waals surface area contributed by atoms with Crippen molar-refractivity contribution in [3.8, 4) is 0 Å². The Kier molecular flexibility index (Phi) is 5.89. The zero-order valence-corrected chi connectivity index (χ0v) is 15.4. The summed E-state index contributed by atoms with van der Waals surface area (Å²) in [6, 6.07) is 9.24. The average Bonchev–Trinajstić information content (AvgIpc) is 2.91. The summed E-state index contributed by atoms with van der Waals surface area (Å²) in [6.07, 6.45) is 6.08. The summed E-state index contributed by atoms with van der Waals surface area (Å²) in [4.78, 5) is 24.5. The average molecular weight is 342 g/mol. The van der Waals surface area contributed by atoms with E-state index in [0.29, 0.717) is 23.6 Å². The van der Waals surface area contributed by atoms with E-state index in [0.717, 1.165) is 19.3 Å². The van der Waals surface area contributed by atoms with Crippen LogP contribution in [0.2, 0.25) is 0 Å². The number of hydrogen-bond acceptors (Lipinski definition) is 3. The molecule has 0 aromatic heterocycles. The molecule has 2 unspecified atom stereocenters. The van der Waals surface area contributed by atoms with Crippen molar-refractivity contribution in [3.05, 3.63) is 35.4 Å². The van der Waals surface area contributed by atoms with Gasteiger partial charge in [-0.3, -0.25) is 9.59 Å². The number of ketones is 1. The molecule has 4 nitrogen and oxygen atoms in total. The molecule has 2 N–H and O–H groups in total. The topological polar surface area (TPSA) is 58.2 Å². The zero-order chi connectivity index (χ0) is 17.8. The van der Waals surface area contributed by atoms with Gasteiger partial charge in [0.1, 0.15) is 0 Å². The van der Waals surface area contributed by atoms with Crippen LogP contribution in [0.15, 0.2) is 24.3 Å². The molecular weight excluding hydrogens is 312 g/mol. The molecule has 2 bridgehead atoms. The van der Waals surface area contributed by atoms with Gasteiger partial charge in [0.2, 0.25) is 5.91 Å². The normalized spacial score (nSPS) is 25.2. The highest BCUT2D eigenvalue weighted by atomic mass is 16.2. The fourth-order valence-corrected chi connectivity index (χ4v) is 4.14. The molecule has 136 valence electrons. The summed E-state index contributed by atoms with van der Waals surface area (Å²) < 4.78 is 0. The van der Waals surface area contributed by atoms with Gasteiger partial charge >= 0.3 is 0 Å². The molecule has 2 aliphatic heterocycles. The van der Waals surface area contributed by atoms with Crippen LogP contribution in [0, 0.1) is 5.92 Å². The van der Waals surface area contributed by atoms with Crippen molar-refractivity contribution in [3.63, 3.8) is 0 Å². The van der Waals surface area contributed by atoms with Gasteiger partial charge in [0.25, 0.3) is 0 Å². The Labute approximate surface area is 150 Å². The summed E-state index contributed by atoms with van der Waals surface area (Å²) >= 11 is 0. The fourth-order valence-electron chi connectivity index (χ4n) is 4.14. The Balaban J connectivity index is 1.43. The van der Waals surface area contributed by atoms with E-state index in [1.807, 2.05) is 24.3 Å². The third-order valence-electron chi connectivity index (χ3n) is 5.34. The Hall–Kier alpha value is -1.68. The van der Waals surface area contributed by atoms with E-state index in [1.54, 1.807) is 0 Å². The predicted molar refractivity (Wildman–Crippen MR) is 99.7 cm³/mol. The summed E-state index contributed by atoms with van der Waals surface area (Å²) in [5.41, 5.74) is 1.96. The van der Waals surface area contributed by atoms with Crippen LogP contribution in [-0.4, -0.2) is 29.8 Å². The summed E-state index contributed by atoms with van der Waals surface area (Å²) in [5.74, 6) is 0.670. The maximum atomic E-state index is 12.3. The number of carbonyl (C=O) groups is 2. The highest BCUT2D eigenvalue weighted by Crippen LogP contribution is 2.26. The molecule has 2 fully saturated rings. The third-order valence-corrected chi connectivity index (χ3v) is 5.34. The molecule has 0 radical (unpaired) electrons. The lowest BCUT2D eigenvalue weighted by Gasteiger charge is -2.29. The van der Waals surface area contributed by atoms with Crippen molar-refractivity contribution in [2.75, 3.05) is 0 Å². The van der Waals surface area contributed by atoms with Crippen molar-refractivity contribution in [1.82, 2.24) is 10.6 Å². The Bertz CT molecular complexity index is 597. The van der Waals surface area contributed by atoms with Gasteiger partial charge in [-0.25, -0.2) is 0 Å². The second kappa shape index (κ2) is 8.13. The van der Waals surface area contributed by atoms with Crippen LogP contribution < -0.4 is 10.6 Å². The van der Waals surface area contributed by atoms with Crippen LogP contribution >= 0.6 is 0 Å². The first-order valence-corrected chi connectivity index (χ1v) is 9.67. The number of amides is 1. The quantitative estimate of drug-likeness (QED) is 0.748. The van der Waals surface area contributed by atoms with Crippen LogP contribution in [0.3, 0.4) is 0 Å². The van der Waals surface area contributed by atoms with E-state index < -0.39 is 0 Å². The van der Waals surface area contributed by atoms with Gasteiger partial charge in [-0.2, -0.15) is 0 Å². The lowest BCUT2D eigenvalue weighted by atomic mass is 9.98. The van der Waals surface area contributed by atoms with E-state index in [4.69, 9.17) is 0 Å². The van der Waals surface area contributed by atoms with Crippen LogP contribution in [0.25, 0.3) is 0 Å². The van der Waals surface area contributed by atoms with Crippen LogP contribution in [0.4, 0.5) is 0 Å². The zero-order valence-electron chi connectivity index (χ0n) is 15.4. The minimum absolute atomic E-state index is 0.0103. The number of piperidine rings is 1. The second-order valence-corrected chi connectivity index (χ2v) is 8.09. The Morgan fingerprint density at radius 3 is 2.32 bits per heavy atom. The Morgan fingerprint density at radius 1 is 1.08 bits per heavy atom. The molecule has 1 amide bonds. The molecule has 4 heteroatoms. The van der Waals surface area contributed by atoms with Gasteiger partial charge in [-0.05, 0) is 43.6 Å². The molecular formula is C21H30N2O2. The number of nitrogens with one attached hydrogen (secondary N) is 2. The minimum atomic E-state index is 0.0103. The molecule has 2 saturated heterocycles. The minimum Gasteiger partial charge on any atom is -0.353 e. The van der Waals surface area contributed by atoms with Crippen molar-refractivity contribution >= 4 is 11.7 Å². The van der Waals surface area contributed by atoms with E-state index in [2.05, 4.69) is 24.5 Å². The number of rotatable bonds is 7. The molecule has 0 saturated carbocycles. The van der Waals surface area contributed by atoms with Gasteiger partial charge in [0.15, 0.2) is 5.78 Å². The monoisotopic (exact) mass is 342 g/mol. The highest BCUT2D eigenvalue weighted by molar-refractivity contribution is 5.98. The maximum absolute atomic E-state index is 12.3. The summed E-state index contributed by atoms with van der Waals surface area (Å²) in [5, 5.41) is 6.70. The van der Waals surface area contributed by atoms with Gasteiger partial charge in [0.05, 0.1) is 0 Å². The van der Waals surface area contributed by atoms with Gasteiger partial charge in [-0.15, -0.1) is 0 Å². The molecule has 1 aromatic rings. The first-order valence-electron chi connectivity index (χ1n) is 9.67. The maximum Gasteiger partial charge on any atom is 0.220 e. The molecule has 0 aliphatic carbocycles. The van der Waals surface area contributed by atoms with Crippen molar-refractivity contribution in [1.29, 1.82) is 0 Å². The summed E-state index contributed by atoms with van der Waals surface area (Å²) in [6.45, 7) is 4.37. The second-order valence-electron chi connectivity index (χ2n) is 8.09. The highest BCUT2D eigenvalue weighted by Gasteiger charge is 2.33. The van der Waals surface area contributed by atoms with Crippen LogP contribution in [-0.2, 0) is 11.2 Å². The number of Topliss-reactive ketones (excluding diaryl/α,β-unsaturated/α-hetero) is 1. The molecule has 1 aromatic carbocycles. The number of carbonyl (C=O) groups excluding carboxylic acids is 2. The lowest BCUT2D eigenvalue weighted by Crippen LogP contribution is -2.48. The lowest BCUT2D eigenvalue weighted by molar-refractivity contribution is -0.122. The predicted octanol–water partition coefficient (Wildman–Crippen LogP) is 3.25. The first-order chi connectivity index (χ1) is 12.0. The van der Waals surface area contributed by atoms with Gasteiger partial charge in [-0.1, -0.05) is 38.1 Å². The third kappa shape index (κ3) is 5.15. The fraction of sp³-hybridized carbons (Fsp3) is 0.619. The molecule has 2 atom stereocenters. The van der Waals surface area contributed by atoms with Crippen molar-refractivity contribution in [2.45, 2.75) is 76.9 Å². The number of hydrogen-bond donors (Lipinski definition) is 2. The Morgan fingerprint density at radius 2 is 1.72 bits per heavy atom. The van der Waals surface area contributed by atoms with E-state index >= 15 is 0 Å². The van der Waals surface area contributed by atoms with E-state index in [-0.39, 0.29) is 30.6 Å². The standard InChI is InChI=1S/C21H30N2O2/c1-14(2)11-15-3-5-16(6-4-15)20(24)9-10-21(25)23-19-12-17-7-8-18(13-19)22-17/h3-6,14,17-19,22H,7-13H2,1-2H3,(H,23,25). The largest absolute Gasteiger partial charge is 0.353 e. The smallest absolute Gasteiger partial charge is 0.220 e. The number of benzene rings is 1. The van der Waals surface area contributed by atoms with Crippen molar-refractivity contribution < 1.29 is 9.59 Å².